The maximum atomic E-state index is 13.5. The molecule has 0 bridgehead atoms. The minimum atomic E-state index is -0.890. The fraction of sp³-hybridized carbons (Fsp3) is 0.200. The molecule has 0 fully saturated rings. The van der Waals surface area contributed by atoms with Crippen LogP contribution in [0, 0.1) is 5.82 Å². The second-order valence-electron chi connectivity index (χ2n) is 4.08. The summed E-state index contributed by atoms with van der Waals surface area (Å²) in [5.74, 6) is -2.00. The van der Waals surface area contributed by atoms with Crippen molar-refractivity contribution < 1.29 is 18.7 Å². The molecule has 0 aliphatic rings. The lowest BCUT2D eigenvalue weighted by molar-refractivity contribution is -0.133. The Labute approximate surface area is 131 Å². The van der Waals surface area contributed by atoms with Crippen molar-refractivity contribution in [2.75, 3.05) is 19.7 Å². The molecule has 112 valence electrons. The second-order valence-corrected chi connectivity index (χ2v) is 4.99. The zero-order valence-corrected chi connectivity index (χ0v) is 12.9. The van der Waals surface area contributed by atoms with Crippen LogP contribution in [0.15, 0.2) is 48.0 Å². The highest BCUT2D eigenvalue weighted by molar-refractivity contribution is 9.10. The molecule has 21 heavy (non-hydrogen) atoms. The highest BCUT2D eigenvalue weighted by atomic mass is 79.9. The van der Waals surface area contributed by atoms with Gasteiger partial charge < -0.3 is 9.64 Å². The van der Waals surface area contributed by atoms with E-state index in [1.807, 2.05) is 0 Å². The molecular weight excluding hydrogens is 341 g/mol. The summed E-state index contributed by atoms with van der Waals surface area (Å²) < 4.78 is 18.9. The van der Waals surface area contributed by atoms with Crippen LogP contribution in [0.5, 0.6) is 0 Å². The van der Waals surface area contributed by atoms with E-state index < -0.39 is 24.3 Å². The van der Waals surface area contributed by atoms with Crippen LogP contribution in [-0.4, -0.2) is 36.5 Å². The number of benzene rings is 1. The van der Waals surface area contributed by atoms with E-state index in [9.17, 15) is 14.0 Å². The molecule has 1 rings (SSSR count). The maximum Gasteiger partial charge on any atom is 0.341 e. The summed E-state index contributed by atoms with van der Waals surface area (Å²) in [7, 11) is 0. The van der Waals surface area contributed by atoms with Crippen molar-refractivity contribution in [1.29, 1.82) is 0 Å². The number of hydrogen-bond donors (Lipinski definition) is 0. The van der Waals surface area contributed by atoms with Crippen LogP contribution in [0.4, 0.5) is 4.39 Å². The van der Waals surface area contributed by atoms with E-state index in [1.165, 1.54) is 17.0 Å². The molecule has 0 heterocycles. The second kappa shape index (κ2) is 8.36. The van der Waals surface area contributed by atoms with Gasteiger partial charge in [0.2, 0.25) is 0 Å². The number of carbonyl (C=O) groups is 2. The van der Waals surface area contributed by atoms with Crippen LogP contribution in [0.1, 0.15) is 10.4 Å². The number of amides is 1. The largest absolute Gasteiger partial charge is 0.452 e. The lowest BCUT2D eigenvalue weighted by Gasteiger charge is -2.19. The smallest absolute Gasteiger partial charge is 0.341 e. The van der Waals surface area contributed by atoms with Gasteiger partial charge in [0.25, 0.3) is 5.91 Å². The van der Waals surface area contributed by atoms with Crippen molar-refractivity contribution in [3.63, 3.8) is 0 Å². The van der Waals surface area contributed by atoms with Gasteiger partial charge in [-0.1, -0.05) is 28.1 Å². The Morgan fingerprint density at radius 2 is 1.90 bits per heavy atom. The molecule has 0 aromatic heterocycles. The third-order valence-electron chi connectivity index (χ3n) is 2.53. The zero-order chi connectivity index (χ0) is 15.8. The van der Waals surface area contributed by atoms with Gasteiger partial charge in [-0.25, -0.2) is 9.18 Å². The molecule has 0 saturated carbocycles. The van der Waals surface area contributed by atoms with Crippen LogP contribution < -0.4 is 0 Å². The highest BCUT2D eigenvalue weighted by Crippen LogP contribution is 2.16. The van der Waals surface area contributed by atoms with E-state index in [2.05, 4.69) is 29.1 Å². The van der Waals surface area contributed by atoms with Crippen molar-refractivity contribution in [3.8, 4) is 0 Å². The van der Waals surface area contributed by atoms with Crippen LogP contribution in [-0.2, 0) is 9.53 Å². The highest BCUT2D eigenvalue weighted by Gasteiger charge is 2.17. The Morgan fingerprint density at radius 1 is 1.29 bits per heavy atom. The minimum absolute atomic E-state index is 0.226. The van der Waals surface area contributed by atoms with Gasteiger partial charge in [0, 0.05) is 17.6 Å². The Balaban J connectivity index is 2.67. The summed E-state index contributed by atoms with van der Waals surface area (Å²) in [5.41, 5.74) is -0.226. The van der Waals surface area contributed by atoms with Crippen LogP contribution in [0.2, 0.25) is 0 Å². The lowest BCUT2D eigenvalue weighted by Crippen LogP contribution is -2.35. The monoisotopic (exact) mass is 355 g/mol. The molecule has 0 aliphatic carbocycles. The topological polar surface area (TPSA) is 46.6 Å². The first kappa shape index (κ1) is 17.1. The van der Waals surface area contributed by atoms with Gasteiger partial charge >= 0.3 is 5.97 Å². The van der Waals surface area contributed by atoms with Crippen LogP contribution in [0.3, 0.4) is 0 Å². The summed E-state index contributed by atoms with van der Waals surface area (Å²) in [6.07, 6.45) is 3.11. The molecule has 0 N–H and O–H groups in total. The van der Waals surface area contributed by atoms with E-state index in [1.54, 1.807) is 12.2 Å². The van der Waals surface area contributed by atoms with Crippen molar-refractivity contribution >= 4 is 27.8 Å². The Hall–Kier alpha value is -1.95. The van der Waals surface area contributed by atoms with E-state index in [0.717, 1.165) is 6.07 Å². The number of rotatable bonds is 7. The molecule has 0 atom stereocenters. The lowest BCUT2D eigenvalue weighted by atomic mass is 10.2. The third kappa shape index (κ3) is 5.15. The molecule has 0 unspecified atom stereocenters. The molecule has 4 nitrogen and oxygen atoms in total. The standard InChI is InChI=1S/C15H15BrFNO3/c1-3-7-18(8-4-2)14(19)10-21-15(20)12-9-11(16)5-6-13(12)17/h3-6,9H,1-2,7-8,10H2. The molecular formula is C15H15BrFNO3. The fourth-order valence-corrected chi connectivity index (χ4v) is 1.90. The zero-order valence-electron chi connectivity index (χ0n) is 11.4. The Morgan fingerprint density at radius 3 is 2.48 bits per heavy atom. The van der Waals surface area contributed by atoms with Gasteiger partial charge in [-0.3, -0.25) is 4.79 Å². The van der Waals surface area contributed by atoms with Crippen LogP contribution in [0.25, 0.3) is 0 Å². The third-order valence-corrected chi connectivity index (χ3v) is 3.02. The molecule has 6 heteroatoms. The number of hydrogen-bond acceptors (Lipinski definition) is 3. The number of carbonyl (C=O) groups excluding carboxylic acids is 2. The van der Waals surface area contributed by atoms with Gasteiger partial charge in [-0.15, -0.1) is 13.2 Å². The molecule has 1 aromatic rings. The normalized spacial score (nSPS) is 9.81. The number of ether oxygens (including phenoxy) is 1. The predicted molar refractivity (Wildman–Crippen MR) is 81.4 cm³/mol. The van der Waals surface area contributed by atoms with E-state index in [4.69, 9.17) is 4.74 Å². The first-order valence-corrected chi connectivity index (χ1v) is 6.90. The molecule has 0 aliphatic heterocycles. The molecule has 1 amide bonds. The number of esters is 1. The Bertz CT molecular complexity index is 550. The van der Waals surface area contributed by atoms with Gasteiger partial charge in [0.15, 0.2) is 6.61 Å². The van der Waals surface area contributed by atoms with Crippen molar-refractivity contribution in [3.05, 3.63) is 59.4 Å². The van der Waals surface area contributed by atoms with Crippen molar-refractivity contribution in [1.82, 2.24) is 4.90 Å². The van der Waals surface area contributed by atoms with Gasteiger partial charge in [0.05, 0.1) is 5.56 Å². The number of halogens is 2. The van der Waals surface area contributed by atoms with Gasteiger partial charge in [0.1, 0.15) is 5.82 Å². The molecule has 0 saturated heterocycles. The fourth-order valence-electron chi connectivity index (χ4n) is 1.54. The average Bonchev–Trinajstić information content (AvgIpc) is 2.46. The van der Waals surface area contributed by atoms with Gasteiger partial charge in [-0.05, 0) is 18.2 Å². The summed E-state index contributed by atoms with van der Waals surface area (Å²) >= 11 is 3.14. The number of nitrogens with zero attached hydrogens (tertiary/aromatic N) is 1. The first-order valence-electron chi connectivity index (χ1n) is 6.11. The van der Waals surface area contributed by atoms with Crippen molar-refractivity contribution in [2.45, 2.75) is 0 Å². The van der Waals surface area contributed by atoms with Gasteiger partial charge in [-0.2, -0.15) is 0 Å². The van der Waals surface area contributed by atoms with E-state index >= 15 is 0 Å². The predicted octanol–water partition coefficient (Wildman–Crippen LogP) is 2.95. The molecule has 0 spiro atoms. The SMILES string of the molecule is C=CCN(CC=C)C(=O)COC(=O)c1cc(Br)ccc1F. The van der Waals surface area contributed by atoms with E-state index in [-0.39, 0.29) is 5.56 Å². The maximum absolute atomic E-state index is 13.5. The Kier molecular flexibility index (Phi) is 6.81. The summed E-state index contributed by atoms with van der Waals surface area (Å²) in [5, 5.41) is 0. The van der Waals surface area contributed by atoms with Crippen LogP contribution >= 0.6 is 15.9 Å². The molecule has 1 aromatic carbocycles. The summed E-state index contributed by atoms with van der Waals surface area (Å²) in [4.78, 5) is 25.0. The average molecular weight is 356 g/mol. The van der Waals surface area contributed by atoms with E-state index in [0.29, 0.717) is 17.6 Å². The summed E-state index contributed by atoms with van der Waals surface area (Å²) in [6, 6.07) is 3.91. The first-order chi connectivity index (χ1) is 9.99. The molecule has 0 radical (unpaired) electrons. The minimum Gasteiger partial charge on any atom is -0.452 e. The van der Waals surface area contributed by atoms with Crippen molar-refractivity contribution in [2.24, 2.45) is 0 Å². The quantitative estimate of drug-likeness (QED) is 0.558. The summed E-state index contributed by atoms with van der Waals surface area (Å²) in [6.45, 7) is 7.24.